The quantitative estimate of drug-likeness (QED) is 0.827. The summed E-state index contributed by atoms with van der Waals surface area (Å²) in [4.78, 5) is 31.1. The van der Waals surface area contributed by atoms with Crippen molar-refractivity contribution in [2.45, 2.75) is 25.7 Å². The Morgan fingerprint density at radius 2 is 1.62 bits per heavy atom. The number of hydrogen-bond acceptors (Lipinski definition) is 3. The third kappa shape index (κ3) is 4.74. The molecule has 0 bridgehead atoms. The van der Waals surface area contributed by atoms with Gasteiger partial charge in [0.15, 0.2) is 0 Å². The summed E-state index contributed by atoms with van der Waals surface area (Å²) < 4.78 is 0. The Hall–Kier alpha value is -2.11. The van der Waals surface area contributed by atoms with Gasteiger partial charge in [0, 0.05) is 40.6 Å². The Labute approximate surface area is 162 Å². The van der Waals surface area contributed by atoms with Gasteiger partial charge in [0.2, 0.25) is 0 Å². The second kappa shape index (κ2) is 8.52. The van der Waals surface area contributed by atoms with Crippen molar-refractivity contribution in [1.82, 2.24) is 9.88 Å². The van der Waals surface area contributed by atoms with Crippen molar-refractivity contribution in [3.05, 3.63) is 57.8 Å². The standard InChI is InChI=1S/C19H19Cl2N3O2/c20-14-10-15(21)12-16(11-14)23-18(25)13-5-6-22-17(9-13)19(26)24-7-3-1-2-4-8-24/h5-6,9-12H,1-4,7-8H2,(H,23,25). The first-order valence-electron chi connectivity index (χ1n) is 8.56. The summed E-state index contributed by atoms with van der Waals surface area (Å²) in [5, 5.41) is 3.60. The summed E-state index contributed by atoms with van der Waals surface area (Å²) in [6, 6.07) is 7.89. The molecular formula is C19H19Cl2N3O2. The van der Waals surface area contributed by atoms with E-state index >= 15 is 0 Å². The molecule has 1 aromatic carbocycles. The summed E-state index contributed by atoms with van der Waals surface area (Å²) in [5.41, 5.74) is 1.13. The molecule has 2 heterocycles. The molecule has 1 saturated heterocycles. The predicted molar refractivity (Wildman–Crippen MR) is 103 cm³/mol. The number of likely N-dealkylation sites (tertiary alicyclic amines) is 1. The van der Waals surface area contributed by atoms with E-state index < -0.39 is 0 Å². The van der Waals surface area contributed by atoms with Crippen LogP contribution in [0.3, 0.4) is 0 Å². The molecule has 1 aromatic heterocycles. The van der Waals surface area contributed by atoms with E-state index in [2.05, 4.69) is 10.3 Å². The number of pyridine rings is 1. The molecule has 136 valence electrons. The zero-order chi connectivity index (χ0) is 18.5. The maximum atomic E-state index is 12.7. The Balaban J connectivity index is 1.75. The van der Waals surface area contributed by atoms with E-state index in [0.29, 0.717) is 21.3 Å². The molecular weight excluding hydrogens is 373 g/mol. The van der Waals surface area contributed by atoms with E-state index in [1.165, 1.54) is 12.3 Å². The van der Waals surface area contributed by atoms with Crippen molar-refractivity contribution in [2.24, 2.45) is 0 Å². The number of aromatic nitrogens is 1. The highest BCUT2D eigenvalue weighted by Gasteiger charge is 2.19. The lowest BCUT2D eigenvalue weighted by atomic mass is 10.2. The monoisotopic (exact) mass is 391 g/mol. The van der Waals surface area contributed by atoms with Crippen LogP contribution < -0.4 is 5.32 Å². The van der Waals surface area contributed by atoms with E-state index in [4.69, 9.17) is 23.2 Å². The number of amides is 2. The van der Waals surface area contributed by atoms with Crippen molar-refractivity contribution in [2.75, 3.05) is 18.4 Å². The van der Waals surface area contributed by atoms with E-state index in [9.17, 15) is 9.59 Å². The second-order valence-electron chi connectivity index (χ2n) is 6.25. The molecule has 0 unspecified atom stereocenters. The third-order valence-corrected chi connectivity index (χ3v) is 4.69. The molecule has 26 heavy (non-hydrogen) atoms. The summed E-state index contributed by atoms with van der Waals surface area (Å²) in [5.74, 6) is -0.483. The summed E-state index contributed by atoms with van der Waals surface area (Å²) in [6.07, 6.45) is 5.76. The normalized spacial score (nSPS) is 14.6. The summed E-state index contributed by atoms with van der Waals surface area (Å²) >= 11 is 11.9. The van der Waals surface area contributed by atoms with Gasteiger partial charge in [-0.3, -0.25) is 14.6 Å². The molecule has 0 radical (unpaired) electrons. The molecule has 1 fully saturated rings. The zero-order valence-electron chi connectivity index (χ0n) is 14.2. The highest BCUT2D eigenvalue weighted by atomic mass is 35.5. The lowest BCUT2D eigenvalue weighted by Gasteiger charge is -2.19. The molecule has 5 nitrogen and oxygen atoms in total. The van der Waals surface area contributed by atoms with Crippen molar-refractivity contribution >= 4 is 40.7 Å². The Morgan fingerprint density at radius 1 is 0.962 bits per heavy atom. The largest absolute Gasteiger partial charge is 0.337 e. The van der Waals surface area contributed by atoms with Crippen molar-refractivity contribution in [3.63, 3.8) is 0 Å². The van der Waals surface area contributed by atoms with Gasteiger partial charge in [0.1, 0.15) is 5.69 Å². The Kier molecular flexibility index (Phi) is 6.12. The third-order valence-electron chi connectivity index (χ3n) is 4.25. The number of benzene rings is 1. The number of rotatable bonds is 3. The van der Waals surface area contributed by atoms with Gasteiger partial charge < -0.3 is 10.2 Å². The fraction of sp³-hybridized carbons (Fsp3) is 0.316. The lowest BCUT2D eigenvalue weighted by Crippen LogP contribution is -2.32. The zero-order valence-corrected chi connectivity index (χ0v) is 15.7. The fourth-order valence-corrected chi connectivity index (χ4v) is 3.48. The first-order chi connectivity index (χ1) is 12.5. The van der Waals surface area contributed by atoms with E-state index in [1.807, 2.05) is 4.90 Å². The topological polar surface area (TPSA) is 62.3 Å². The van der Waals surface area contributed by atoms with Gasteiger partial charge in [-0.05, 0) is 43.2 Å². The minimum atomic E-state index is -0.351. The average Bonchev–Trinajstić information content (AvgIpc) is 2.89. The van der Waals surface area contributed by atoms with E-state index in [1.54, 1.807) is 24.3 Å². The Bertz CT molecular complexity index is 798. The number of carbonyl (C=O) groups excluding carboxylic acids is 2. The number of halogens is 2. The van der Waals surface area contributed by atoms with Crippen LogP contribution in [0.2, 0.25) is 10.0 Å². The van der Waals surface area contributed by atoms with Crippen LogP contribution in [0, 0.1) is 0 Å². The molecule has 1 aliphatic rings. The fourth-order valence-electron chi connectivity index (χ4n) is 2.95. The molecule has 2 aromatic rings. The maximum Gasteiger partial charge on any atom is 0.272 e. The van der Waals surface area contributed by atoms with Crippen LogP contribution in [0.1, 0.15) is 46.5 Å². The van der Waals surface area contributed by atoms with Gasteiger partial charge in [-0.2, -0.15) is 0 Å². The smallest absolute Gasteiger partial charge is 0.272 e. The van der Waals surface area contributed by atoms with Crippen LogP contribution in [0.15, 0.2) is 36.5 Å². The van der Waals surface area contributed by atoms with Crippen molar-refractivity contribution in [3.8, 4) is 0 Å². The van der Waals surface area contributed by atoms with Crippen LogP contribution in [0.4, 0.5) is 5.69 Å². The van der Waals surface area contributed by atoms with Gasteiger partial charge in [0.25, 0.3) is 11.8 Å². The van der Waals surface area contributed by atoms with Crippen LogP contribution >= 0.6 is 23.2 Å². The Morgan fingerprint density at radius 3 is 2.27 bits per heavy atom. The number of nitrogens with zero attached hydrogens (tertiary/aromatic N) is 2. The van der Waals surface area contributed by atoms with Crippen LogP contribution in [-0.2, 0) is 0 Å². The first kappa shape index (κ1) is 18.7. The molecule has 0 atom stereocenters. The molecule has 3 rings (SSSR count). The molecule has 0 aliphatic carbocycles. The number of anilines is 1. The van der Waals surface area contributed by atoms with Gasteiger partial charge in [-0.15, -0.1) is 0 Å². The first-order valence-corrected chi connectivity index (χ1v) is 9.31. The molecule has 0 saturated carbocycles. The summed E-state index contributed by atoms with van der Waals surface area (Å²) in [6.45, 7) is 1.47. The second-order valence-corrected chi connectivity index (χ2v) is 7.12. The highest BCUT2D eigenvalue weighted by Crippen LogP contribution is 2.23. The van der Waals surface area contributed by atoms with Crippen LogP contribution in [0.5, 0.6) is 0 Å². The molecule has 1 N–H and O–H groups in total. The maximum absolute atomic E-state index is 12.7. The van der Waals surface area contributed by atoms with Gasteiger partial charge in [0.05, 0.1) is 0 Å². The van der Waals surface area contributed by atoms with Crippen molar-refractivity contribution in [1.29, 1.82) is 0 Å². The van der Waals surface area contributed by atoms with Crippen molar-refractivity contribution < 1.29 is 9.59 Å². The lowest BCUT2D eigenvalue weighted by molar-refractivity contribution is 0.0755. The number of hydrogen-bond donors (Lipinski definition) is 1. The molecule has 7 heteroatoms. The average molecular weight is 392 g/mol. The number of nitrogens with one attached hydrogen (secondary N) is 1. The number of carbonyl (C=O) groups is 2. The minimum absolute atomic E-state index is 0.132. The van der Waals surface area contributed by atoms with Crippen LogP contribution in [0.25, 0.3) is 0 Å². The molecule has 0 spiro atoms. The van der Waals surface area contributed by atoms with Gasteiger partial charge in [-0.1, -0.05) is 36.0 Å². The highest BCUT2D eigenvalue weighted by molar-refractivity contribution is 6.35. The van der Waals surface area contributed by atoms with E-state index in [-0.39, 0.29) is 17.5 Å². The van der Waals surface area contributed by atoms with Gasteiger partial charge in [-0.25, -0.2) is 0 Å². The van der Waals surface area contributed by atoms with Crippen LogP contribution in [-0.4, -0.2) is 34.8 Å². The predicted octanol–water partition coefficient (Wildman–Crippen LogP) is 4.66. The summed E-state index contributed by atoms with van der Waals surface area (Å²) in [7, 11) is 0. The molecule has 2 amide bonds. The molecule has 1 aliphatic heterocycles. The van der Waals surface area contributed by atoms with Gasteiger partial charge >= 0.3 is 0 Å². The minimum Gasteiger partial charge on any atom is -0.337 e. The van der Waals surface area contributed by atoms with E-state index in [0.717, 1.165) is 38.8 Å². The SMILES string of the molecule is O=C(Nc1cc(Cl)cc(Cl)c1)c1ccnc(C(=O)N2CCCCCC2)c1.